The summed E-state index contributed by atoms with van der Waals surface area (Å²) in [7, 11) is 0. The van der Waals surface area contributed by atoms with Gasteiger partial charge in [-0.1, -0.05) is 19.9 Å². The second kappa shape index (κ2) is 8.06. The Labute approximate surface area is 191 Å². The van der Waals surface area contributed by atoms with Gasteiger partial charge in [0.1, 0.15) is 6.54 Å². The minimum Gasteiger partial charge on any atom is -0.364 e. The Hall–Kier alpha value is -3.62. The fraction of sp³-hybridized carbons (Fsp3) is 0.417. The van der Waals surface area contributed by atoms with Crippen LogP contribution in [0.3, 0.4) is 0 Å². The second-order valence-electron chi connectivity index (χ2n) is 9.23. The van der Waals surface area contributed by atoms with Gasteiger partial charge < -0.3 is 10.6 Å². The van der Waals surface area contributed by atoms with Crippen LogP contribution in [0.5, 0.6) is 0 Å². The molecule has 5 rings (SSSR count). The maximum atomic E-state index is 13.3. The van der Waals surface area contributed by atoms with E-state index in [1.165, 1.54) is 4.68 Å². The summed E-state index contributed by atoms with van der Waals surface area (Å²) in [5, 5.41) is 4.82. The Bertz CT molecular complexity index is 1270. The zero-order chi connectivity index (χ0) is 23.3. The number of amides is 2. The van der Waals surface area contributed by atoms with Crippen LogP contribution in [-0.2, 0) is 22.6 Å². The summed E-state index contributed by atoms with van der Waals surface area (Å²) in [6, 6.07) is 7.04. The molecule has 33 heavy (non-hydrogen) atoms. The standard InChI is InChI=1S/C24H26N6O3/c1-13(2)17-5-3-4-15(27-17)10-21(31)19-9-14-8-18(14)30(19)22(32)12-29-20-11-26-7-6-16(20)23(28-29)24(25)33/h3-7,11,13-14,18-19H,8-10,12H2,1-2H3,(H2,25,33)/t14-,18-,19+/m1/s1. The highest BCUT2D eigenvalue weighted by atomic mass is 16.2. The van der Waals surface area contributed by atoms with Crippen molar-refractivity contribution < 1.29 is 14.4 Å². The normalized spacial score (nSPS) is 21.4. The Morgan fingerprint density at radius 2 is 2.00 bits per heavy atom. The van der Waals surface area contributed by atoms with Crippen molar-refractivity contribution in [2.24, 2.45) is 11.7 Å². The number of primary amides is 1. The number of fused-ring (bicyclic) bond motifs is 2. The Morgan fingerprint density at radius 1 is 1.18 bits per heavy atom. The fourth-order valence-corrected chi connectivity index (χ4v) is 4.85. The van der Waals surface area contributed by atoms with E-state index in [4.69, 9.17) is 5.73 Å². The number of carbonyl (C=O) groups is 3. The lowest BCUT2D eigenvalue weighted by Gasteiger charge is -2.27. The van der Waals surface area contributed by atoms with E-state index in [0.717, 1.165) is 17.8 Å². The number of piperidine rings is 1. The Balaban J connectivity index is 1.36. The first-order valence-corrected chi connectivity index (χ1v) is 11.2. The molecule has 2 aliphatic rings. The molecule has 9 nitrogen and oxygen atoms in total. The van der Waals surface area contributed by atoms with Crippen LogP contribution in [0.15, 0.2) is 36.7 Å². The van der Waals surface area contributed by atoms with E-state index in [0.29, 0.717) is 23.2 Å². The largest absolute Gasteiger partial charge is 0.364 e. The van der Waals surface area contributed by atoms with Gasteiger partial charge in [-0.25, -0.2) is 0 Å². The van der Waals surface area contributed by atoms with E-state index in [1.807, 2.05) is 18.2 Å². The highest BCUT2D eigenvalue weighted by molar-refractivity contribution is 6.04. The molecule has 2 N–H and O–H groups in total. The van der Waals surface area contributed by atoms with E-state index in [-0.39, 0.29) is 42.3 Å². The van der Waals surface area contributed by atoms with E-state index in [2.05, 4.69) is 28.9 Å². The summed E-state index contributed by atoms with van der Waals surface area (Å²) in [5.41, 5.74) is 7.81. The summed E-state index contributed by atoms with van der Waals surface area (Å²) < 4.78 is 1.45. The number of nitrogens with zero attached hydrogens (tertiary/aromatic N) is 5. The maximum absolute atomic E-state index is 13.3. The van der Waals surface area contributed by atoms with Crippen LogP contribution in [0.4, 0.5) is 0 Å². The molecule has 0 bridgehead atoms. The van der Waals surface area contributed by atoms with E-state index in [9.17, 15) is 14.4 Å². The number of carbonyl (C=O) groups excluding carboxylic acids is 3. The molecule has 0 aromatic carbocycles. The van der Waals surface area contributed by atoms with E-state index < -0.39 is 11.9 Å². The average molecular weight is 447 g/mol. The predicted octanol–water partition coefficient (Wildman–Crippen LogP) is 1.85. The van der Waals surface area contributed by atoms with Crippen LogP contribution in [-0.4, -0.2) is 54.3 Å². The number of pyridine rings is 2. The number of hydrogen-bond donors (Lipinski definition) is 1. The molecule has 3 aromatic heterocycles. The zero-order valence-corrected chi connectivity index (χ0v) is 18.6. The van der Waals surface area contributed by atoms with E-state index in [1.54, 1.807) is 23.4 Å². The van der Waals surface area contributed by atoms with Gasteiger partial charge in [-0.3, -0.25) is 29.0 Å². The molecule has 170 valence electrons. The third-order valence-electron chi connectivity index (χ3n) is 6.61. The quantitative estimate of drug-likeness (QED) is 0.591. The van der Waals surface area contributed by atoms with Crippen LogP contribution in [0.2, 0.25) is 0 Å². The van der Waals surface area contributed by atoms with Gasteiger partial charge >= 0.3 is 0 Å². The molecule has 0 radical (unpaired) electrons. The number of nitrogens with two attached hydrogens (primary N) is 1. The van der Waals surface area contributed by atoms with Crippen molar-refractivity contribution in [1.82, 2.24) is 24.6 Å². The topological polar surface area (TPSA) is 124 Å². The molecule has 1 aliphatic carbocycles. The van der Waals surface area contributed by atoms with Gasteiger partial charge in [0.2, 0.25) is 5.91 Å². The van der Waals surface area contributed by atoms with Crippen molar-refractivity contribution in [3.8, 4) is 0 Å². The minimum atomic E-state index is -0.662. The zero-order valence-electron chi connectivity index (χ0n) is 18.6. The maximum Gasteiger partial charge on any atom is 0.269 e. The number of Topliss-reactive ketones (excluding diaryl/α,β-unsaturated/α-hetero) is 1. The van der Waals surface area contributed by atoms with Crippen LogP contribution >= 0.6 is 0 Å². The monoisotopic (exact) mass is 446 g/mol. The van der Waals surface area contributed by atoms with Crippen molar-refractivity contribution >= 4 is 28.5 Å². The van der Waals surface area contributed by atoms with Crippen LogP contribution in [0.1, 0.15) is 54.5 Å². The lowest BCUT2D eigenvalue weighted by Crippen LogP contribution is -2.45. The van der Waals surface area contributed by atoms with Crippen molar-refractivity contribution in [3.63, 3.8) is 0 Å². The molecule has 2 amide bonds. The molecule has 4 heterocycles. The SMILES string of the molecule is CC(C)c1cccc(CC(=O)[C@@H]2C[C@H]3C[C@H]3N2C(=O)Cn2nc(C(N)=O)c3ccncc32)n1. The van der Waals surface area contributed by atoms with Crippen molar-refractivity contribution in [1.29, 1.82) is 0 Å². The number of aromatic nitrogens is 4. The molecule has 3 aromatic rings. The first-order valence-electron chi connectivity index (χ1n) is 11.2. The smallest absolute Gasteiger partial charge is 0.269 e. The summed E-state index contributed by atoms with van der Waals surface area (Å²) >= 11 is 0. The molecular weight excluding hydrogens is 420 g/mol. The molecule has 1 saturated heterocycles. The predicted molar refractivity (Wildman–Crippen MR) is 120 cm³/mol. The van der Waals surface area contributed by atoms with Crippen LogP contribution < -0.4 is 5.73 Å². The first kappa shape index (κ1) is 21.2. The van der Waals surface area contributed by atoms with Crippen molar-refractivity contribution in [3.05, 3.63) is 53.7 Å². The Kier molecular flexibility index (Phi) is 5.19. The molecule has 1 saturated carbocycles. The third-order valence-corrected chi connectivity index (χ3v) is 6.61. The number of hydrogen-bond acceptors (Lipinski definition) is 6. The number of rotatable bonds is 7. The molecule has 0 unspecified atom stereocenters. The Morgan fingerprint density at radius 3 is 2.76 bits per heavy atom. The lowest BCUT2D eigenvalue weighted by molar-refractivity contribution is -0.139. The van der Waals surface area contributed by atoms with Crippen LogP contribution in [0, 0.1) is 5.92 Å². The summed E-state index contributed by atoms with van der Waals surface area (Å²) in [6.07, 6.45) is 4.92. The third kappa shape index (κ3) is 3.88. The van der Waals surface area contributed by atoms with Crippen molar-refractivity contribution in [2.75, 3.05) is 0 Å². The number of ketones is 1. The van der Waals surface area contributed by atoms with Gasteiger partial charge in [-0.15, -0.1) is 0 Å². The summed E-state index contributed by atoms with van der Waals surface area (Å²) in [4.78, 5) is 48.8. The van der Waals surface area contributed by atoms with Gasteiger partial charge in [0, 0.05) is 29.0 Å². The highest BCUT2D eigenvalue weighted by Gasteiger charge is 2.55. The molecule has 1 aliphatic heterocycles. The highest BCUT2D eigenvalue weighted by Crippen LogP contribution is 2.48. The van der Waals surface area contributed by atoms with Gasteiger partial charge in [0.25, 0.3) is 5.91 Å². The number of likely N-dealkylation sites (tertiary alicyclic amines) is 1. The van der Waals surface area contributed by atoms with Gasteiger partial charge in [-0.2, -0.15) is 5.10 Å². The molecule has 9 heteroatoms. The van der Waals surface area contributed by atoms with Gasteiger partial charge in [-0.05, 0) is 42.9 Å². The van der Waals surface area contributed by atoms with E-state index >= 15 is 0 Å². The summed E-state index contributed by atoms with van der Waals surface area (Å²) in [5.74, 6) is -0.193. The molecule has 2 fully saturated rings. The summed E-state index contributed by atoms with van der Waals surface area (Å²) in [6.45, 7) is 4.05. The fourth-order valence-electron chi connectivity index (χ4n) is 4.85. The van der Waals surface area contributed by atoms with Gasteiger partial charge in [0.05, 0.1) is 24.2 Å². The first-order chi connectivity index (χ1) is 15.8. The lowest BCUT2D eigenvalue weighted by atomic mass is 10.0. The van der Waals surface area contributed by atoms with Gasteiger partial charge in [0.15, 0.2) is 11.5 Å². The molecular formula is C24H26N6O3. The average Bonchev–Trinajstić information content (AvgIpc) is 3.29. The molecule has 0 spiro atoms. The van der Waals surface area contributed by atoms with Crippen LogP contribution in [0.25, 0.3) is 10.9 Å². The minimum absolute atomic E-state index is 0.00812. The van der Waals surface area contributed by atoms with Crippen molar-refractivity contribution in [2.45, 2.75) is 57.7 Å². The molecule has 3 atom stereocenters. The second-order valence-corrected chi connectivity index (χ2v) is 9.23.